The van der Waals surface area contributed by atoms with Gasteiger partial charge in [0.2, 0.25) is 0 Å². The topological polar surface area (TPSA) is 52.0 Å². The normalized spacial score (nSPS) is 14.8. The molecule has 2 N–H and O–H groups in total. The number of fused-ring (bicyclic) bond motifs is 1. The van der Waals surface area contributed by atoms with Crippen molar-refractivity contribution in [2.45, 2.75) is 34.1 Å². The molecule has 2 heterocycles. The number of aromatic nitrogens is 1. The Balaban J connectivity index is 1.98. The summed E-state index contributed by atoms with van der Waals surface area (Å²) in [6.45, 7) is 13.2. The molecule has 1 aromatic rings. The van der Waals surface area contributed by atoms with E-state index in [2.05, 4.69) is 54.0 Å². The van der Waals surface area contributed by atoms with Crippen molar-refractivity contribution in [3.63, 3.8) is 0 Å². The SMILES string of the molecule is C=C1c2cncc(C)c2C=CN1C/C(C)=C/NC(=N)/C=C\C(=C/C)CC. The molecule has 0 amide bonds. The highest BCUT2D eigenvalue weighted by Crippen LogP contribution is 2.29. The Bertz CT molecular complexity index is 809. The lowest BCUT2D eigenvalue weighted by Crippen LogP contribution is -2.22. The smallest absolute Gasteiger partial charge is 0.121 e. The zero-order valence-corrected chi connectivity index (χ0v) is 16.1. The van der Waals surface area contributed by atoms with E-state index < -0.39 is 0 Å². The van der Waals surface area contributed by atoms with E-state index in [1.54, 1.807) is 6.08 Å². The largest absolute Gasteiger partial charge is 0.347 e. The first kappa shape index (κ1) is 19.4. The third-order valence-electron chi connectivity index (χ3n) is 4.40. The van der Waals surface area contributed by atoms with Crippen LogP contribution in [0.3, 0.4) is 0 Å². The minimum atomic E-state index is 0.371. The fourth-order valence-electron chi connectivity index (χ4n) is 2.76. The maximum Gasteiger partial charge on any atom is 0.121 e. The molecule has 4 heteroatoms. The molecule has 136 valence electrons. The number of pyridine rings is 1. The predicted octanol–water partition coefficient (Wildman–Crippen LogP) is 5.03. The van der Waals surface area contributed by atoms with Gasteiger partial charge in [-0.25, -0.2) is 0 Å². The summed E-state index contributed by atoms with van der Waals surface area (Å²) in [7, 11) is 0. The van der Waals surface area contributed by atoms with Crippen molar-refractivity contribution in [1.29, 1.82) is 5.41 Å². The third kappa shape index (κ3) is 4.82. The molecular weight excluding hydrogens is 320 g/mol. The van der Waals surface area contributed by atoms with E-state index in [0.29, 0.717) is 12.4 Å². The molecule has 0 aromatic carbocycles. The second-order valence-corrected chi connectivity index (χ2v) is 6.41. The molecular formula is C22H28N4. The summed E-state index contributed by atoms with van der Waals surface area (Å²) in [5, 5.41) is 11.0. The van der Waals surface area contributed by atoms with E-state index in [9.17, 15) is 0 Å². The maximum atomic E-state index is 7.98. The van der Waals surface area contributed by atoms with Crippen molar-refractivity contribution in [3.05, 3.63) is 77.4 Å². The van der Waals surface area contributed by atoms with Gasteiger partial charge < -0.3 is 10.2 Å². The van der Waals surface area contributed by atoms with Gasteiger partial charge in [-0.15, -0.1) is 0 Å². The van der Waals surface area contributed by atoms with Gasteiger partial charge >= 0.3 is 0 Å². The van der Waals surface area contributed by atoms with Crippen LogP contribution in [0.25, 0.3) is 11.8 Å². The van der Waals surface area contributed by atoms with Crippen LogP contribution in [0.5, 0.6) is 0 Å². The number of nitrogens with one attached hydrogen (secondary N) is 2. The lowest BCUT2D eigenvalue weighted by molar-refractivity contribution is 0.575. The first-order chi connectivity index (χ1) is 12.5. The standard InChI is InChI=1S/C22H28N4/c1-6-19(7-2)8-9-22(23)25-12-16(3)15-26-11-10-20-17(4)13-24-14-21(20)18(26)5/h6,8-14H,5,7,15H2,1-4H3,(H2,23,25)/b9-8-,16-12+,19-6-. The second-order valence-electron chi connectivity index (χ2n) is 6.41. The van der Waals surface area contributed by atoms with Gasteiger partial charge in [-0.1, -0.05) is 31.2 Å². The van der Waals surface area contributed by atoms with Gasteiger partial charge in [-0.05, 0) is 56.0 Å². The lowest BCUT2D eigenvalue weighted by atomic mass is 10.00. The molecule has 2 rings (SSSR count). The molecule has 0 saturated heterocycles. The molecule has 1 aliphatic rings. The summed E-state index contributed by atoms with van der Waals surface area (Å²) in [6, 6.07) is 0. The molecule has 1 aliphatic heterocycles. The van der Waals surface area contributed by atoms with Crippen molar-refractivity contribution in [2.24, 2.45) is 0 Å². The Kier molecular flexibility index (Phi) is 6.73. The fraction of sp³-hybridized carbons (Fsp3) is 0.273. The average Bonchev–Trinajstić information content (AvgIpc) is 2.63. The Morgan fingerprint density at radius 3 is 2.81 bits per heavy atom. The van der Waals surface area contributed by atoms with E-state index in [-0.39, 0.29) is 0 Å². The zero-order valence-electron chi connectivity index (χ0n) is 16.1. The van der Waals surface area contributed by atoms with Crippen LogP contribution < -0.4 is 5.32 Å². The van der Waals surface area contributed by atoms with E-state index in [4.69, 9.17) is 5.41 Å². The molecule has 26 heavy (non-hydrogen) atoms. The van der Waals surface area contributed by atoms with Crippen LogP contribution in [-0.2, 0) is 0 Å². The highest BCUT2D eigenvalue weighted by Gasteiger charge is 2.16. The highest BCUT2D eigenvalue weighted by molar-refractivity contribution is 5.91. The zero-order chi connectivity index (χ0) is 19.1. The van der Waals surface area contributed by atoms with Crippen LogP contribution in [0, 0.1) is 12.3 Å². The Labute approximate surface area is 156 Å². The molecule has 0 atom stereocenters. The van der Waals surface area contributed by atoms with E-state index in [1.807, 2.05) is 38.5 Å². The van der Waals surface area contributed by atoms with Gasteiger partial charge in [0.1, 0.15) is 5.84 Å². The number of hydrogen-bond acceptors (Lipinski definition) is 3. The molecule has 0 spiro atoms. The quantitative estimate of drug-likeness (QED) is 0.431. The summed E-state index contributed by atoms with van der Waals surface area (Å²) in [5.41, 5.74) is 6.68. The number of allylic oxidation sites excluding steroid dienone is 3. The number of amidine groups is 1. The molecule has 0 radical (unpaired) electrons. The van der Waals surface area contributed by atoms with Gasteiger partial charge in [-0.2, -0.15) is 0 Å². The van der Waals surface area contributed by atoms with E-state index >= 15 is 0 Å². The number of nitrogens with zero attached hydrogens (tertiary/aromatic N) is 2. The summed E-state index contributed by atoms with van der Waals surface area (Å²) >= 11 is 0. The number of rotatable bonds is 6. The van der Waals surface area contributed by atoms with Crippen LogP contribution >= 0.6 is 0 Å². The van der Waals surface area contributed by atoms with Gasteiger partial charge in [0, 0.05) is 42.6 Å². The Morgan fingerprint density at radius 2 is 2.12 bits per heavy atom. The average molecular weight is 348 g/mol. The van der Waals surface area contributed by atoms with Crippen LogP contribution in [0.2, 0.25) is 0 Å². The summed E-state index contributed by atoms with van der Waals surface area (Å²) in [6.07, 6.45) is 16.6. The van der Waals surface area contributed by atoms with Gasteiger partial charge in [0.05, 0.1) is 0 Å². The summed E-state index contributed by atoms with van der Waals surface area (Å²) < 4.78 is 0. The van der Waals surface area contributed by atoms with Crippen LogP contribution in [0.15, 0.2) is 60.7 Å². The molecule has 4 nitrogen and oxygen atoms in total. The second kappa shape index (κ2) is 8.99. The van der Waals surface area contributed by atoms with Crippen LogP contribution in [-0.4, -0.2) is 22.3 Å². The molecule has 0 unspecified atom stereocenters. The number of hydrogen-bond donors (Lipinski definition) is 2. The van der Waals surface area contributed by atoms with Gasteiger partial charge in [-0.3, -0.25) is 10.4 Å². The predicted molar refractivity (Wildman–Crippen MR) is 112 cm³/mol. The molecule has 0 fully saturated rings. The van der Waals surface area contributed by atoms with Gasteiger partial charge in [0.15, 0.2) is 0 Å². The third-order valence-corrected chi connectivity index (χ3v) is 4.40. The minimum absolute atomic E-state index is 0.371. The van der Waals surface area contributed by atoms with Gasteiger partial charge in [0.25, 0.3) is 0 Å². The molecule has 0 aliphatic carbocycles. The summed E-state index contributed by atoms with van der Waals surface area (Å²) in [5.74, 6) is 0.371. The van der Waals surface area contributed by atoms with Crippen LogP contribution in [0.1, 0.15) is 43.9 Å². The maximum absolute atomic E-state index is 7.98. The van der Waals surface area contributed by atoms with Crippen molar-refractivity contribution in [3.8, 4) is 0 Å². The fourth-order valence-corrected chi connectivity index (χ4v) is 2.76. The molecule has 0 bridgehead atoms. The van der Waals surface area contributed by atoms with Crippen molar-refractivity contribution in [2.75, 3.05) is 6.54 Å². The first-order valence-electron chi connectivity index (χ1n) is 8.89. The monoisotopic (exact) mass is 348 g/mol. The van der Waals surface area contributed by atoms with Crippen molar-refractivity contribution >= 4 is 17.6 Å². The van der Waals surface area contributed by atoms with E-state index in [1.165, 1.54) is 11.1 Å². The van der Waals surface area contributed by atoms with Crippen molar-refractivity contribution in [1.82, 2.24) is 15.2 Å². The minimum Gasteiger partial charge on any atom is -0.347 e. The lowest BCUT2D eigenvalue weighted by Gasteiger charge is -2.28. The van der Waals surface area contributed by atoms with E-state index in [0.717, 1.165) is 28.8 Å². The highest BCUT2D eigenvalue weighted by atomic mass is 15.1. The Morgan fingerprint density at radius 1 is 1.35 bits per heavy atom. The molecule has 1 aromatic heterocycles. The van der Waals surface area contributed by atoms with Crippen molar-refractivity contribution < 1.29 is 0 Å². The number of aryl methyl sites for hydroxylation is 1. The summed E-state index contributed by atoms with van der Waals surface area (Å²) in [4.78, 5) is 6.38. The Hall–Kier alpha value is -2.88. The first-order valence-corrected chi connectivity index (χ1v) is 8.89. The van der Waals surface area contributed by atoms with Crippen LogP contribution in [0.4, 0.5) is 0 Å². The molecule has 0 saturated carbocycles.